The van der Waals surface area contributed by atoms with Crippen molar-refractivity contribution >= 4 is 0 Å². The number of benzene rings is 2. The molecule has 0 fully saturated rings. The Labute approximate surface area is 176 Å². The molecular weight excluding hydrogens is 374 g/mol. The second-order valence-electron chi connectivity index (χ2n) is 7.43. The monoisotopic (exact) mass is 401 g/mol. The Balaban J connectivity index is 1.56. The number of rotatable bonds is 9. The van der Waals surface area contributed by atoms with Crippen LogP contribution in [-0.2, 0) is 19.4 Å². The van der Waals surface area contributed by atoms with E-state index in [9.17, 15) is 0 Å². The molecule has 0 saturated carbocycles. The number of aromatic amines is 1. The van der Waals surface area contributed by atoms with Crippen LogP contribution in [0.5, 0.6) is 0 Å². The zero-order valence-electron chi connectivity index (χ0n) is 17.5. The lowest BCUT2D eigenvalue weighted by atomic mass is 9.98. The van der Waals surface area contributed by atoms with Crippen molar-refractivity contribution < 1.29 is 0 Å². The molecule has 7 nitrogen and oxygen atoms in total. The summed E-state index contributed by atoms with van der Waals surface area (Å²) in [4.78, 5) is 4.77. The first-order valence-corrected chi connectivity index (χ1v) is 10.6. The van der Waals surface area contributed by atoms with Crippen LogP contribution in [0.4, 0.5) is 0 Å². The fourth-order valence-electron chi connectivity index (χ4n) is 3.57. The third kappa shape index (κ3) is 4.45. The Kier molecular flexibility index (Phi) is 6.27. The van der Waals surface area contributed by atoms with E-state index in [0.29, 0.717) is 5.82 Å². The molecule has 0 atom stereocenters. The molecule has 2 aromatic heterocycles. The Morgan fingerprint density at radius 3 is 2.40 bits per heavy atom. The van der Waals surface area contributed by atoms with Gasteiger partial charge in [0.1, 0.15) is 5.82 Å². The van der Waals surface area contributed by atoms with Gasteiger partial charge in [-0.25, -0.2) is 9.67 Å². The smallest absolute Gasteiger partial charge is 0.205 e. The zero-order chi connectivity index (χ0) is 20.8. The van der Waals surface area contributed by atoms with E-state index in [4.69, 9.17) is 10.1 Å². The van der Waals surface area contributed by atoms with Crippen molar-refractivity contribution in [1.82, 2.24) is 35.4 Å². The minimum absolute atomic E-state index is 0.598. The first kappa shape index (κ1) is 19.9. The molecule has 2 aromatic carbocycles. The maximum Gasteiger partial charge on any atom is 0.205 e. The van der Waals surface area contributed by atoms with Gasteiger partial charge in [0.05, 0.1) is 6.54 Å². The lowest BCUT2D eigenvalue weighted by Crippen LogP contribution is -2.07. The van der Waals surface area contributed by atoms with Crippen molar-refractivity contribution in [3.05, 3.63) is 65.7 Å². The number of unbranched alkanes of at least 4 members (excludes halogenated alkanes) is 1. The molecule has 1 N–H and O–H groups in total. The highest BCUT2D eigenvalue weighted by molar-refractivity contribution is 5.80. The van der Waals surface area contributed by atoms with E-state index in [1.54, 1.807) is 0 Å². The number of hydrogen-bond acceptors (Lipinski definition) is 5. The average molecular weight is 402 g/mol. The van der Waals surface area contributed by atoms with Crippen molar-refractivity contribution in [1.29, 1.82) is 0 Å². The van der Waals surface area contributed by atoms with Crippen LogP contribution in [0, 0.1) is 0 Å². The van der Waals surface area contributed by atoms with Gasteiger partial charge in [-0.3, -0.25) is 0 Å². The van der Waals surface area contributed by atoms with E-state index >= 15 is 0 Å². The van der Waals surface area contributed by atoms with Crippen molar-refractivity contribution in [2.24, 2.45) is 0 Å². The predicted octanol–water partition coefficient (Wildman–Crippen LogP) is 4.47. The van der Waals surface area contributed by atoms with Gasteiger partial charge in [-0.2, -0.15) is 10.3 Å². The maximum absolute atomic E-state index is 4.77. The largest absolute Gasteiger partial charge is 0.245 e. The highest BCUT2D eigenvalue weighted by atomic mass is 15.5. The number of aryl methyl sites for hydroxylation is 2. The molecule has 0 aliphatic rings. The van der Waals surface area contributed by atoms with Gasteiger partial charge in [-0.05, 0) is 34.7 Å². The van der Waals surface area contributed by atoms with Gasteiger partial charge in [0.2, 0.25) is 5.82 Å². The quantitative estimate of drug-likeness (QED) is 0.447. The Morgan fingerprint density at radius 2 is 1.70 bits per heavy atom. The highest BCUT2D eigenvalue weighted by Gasteiger charge is 2.12. The van der Waals surface area contributed by atoms with Crippen LogP contribution >= 0.6 is 0 Å². The van der Waals surface area contributed by atoms with E-state index < -0.39 is 0 Å². The first-order valence-electron chi connectivity index (χ1n) is 10.6. The van der Waals surface area contributed by atoms with Crippen molar-refractivity contribution in [3.8, 4) is 22.5 Å². The molecule has 0 aliphatic heterocycles. The van der Waals surface area contributed by atoms with E-state index in [0.717, 1.165) is 67.0 Å². The molecule has 30 heavy (non-hydrogen) atoms. The minimum atomic E-state index is 0.598. The summed E-state index contributed by atoms with van der Waals surface area (Å²) in [5.74, 6) is 2.64. The Hall–Kier alpha value is -3.35. The Bertz CT molecular complexity index is 1070. The van der Waals surface area contributed by atoms with E-state index in [-0.39, 0.29) is 0 Å². The molecule has 0 spiro atoms. The number of hydrogen-bond donors (Lipinski definition) is 1. The zero-order valence-corrected chi connectivity index (χ0v) is 17.5. The topological polar surface area (TPSA) is 85.2 Å². The van der Waals surface area contributed by atoms with Crippen LogP contribution in [-0.4, -0.2) is 35.4 Å². The van der Waals surface area contributed by atoms with Crippen LogP contribution in [0.2, 0.25) is 0 Å². The van der Waals surface area contributed by atoms with Crippen molar-refractivity contribution in [3.63, 3.8) is 0 Å². The van der Waals surface area contributed by atoms with E-state index in [1.807, 2.05) is 18.2 Å². The second kappa shape index (κ2) is 9.43. The van der Waals surface area contributed by atoms with Gasteiger partial charge in [0.15, 0.2) is 5.82 Å². The number of nitrogens with zero attached hydrogens (tertiary/aromatic N) is 6. The molecule has 4 aromatic rings. The molecule has 0 unspecified atom stereocenters. The molecule has 0 radical (unpaired) electrons. The van der Waals surface area contributed by atoms with Gasteiger partial charge in [0, 0.05) is 18.4 Å². The summed E-state index contributed by atoms with van der Waals surface area (Å²) in [6.07, 6.45) is 5.26. The third-order valence-electron chi connectivity index (χ3n) is 5.13. The summed E-state index contributed by atoms with van der Waals surface area (Å²) in [7, 11) is 0. The summed E-state index contributed by atoms with van der Waals surface area (Å²) in [6, 6.07) is 16.7. The molecule has 4 rings (SSSR count). The lowest BCUT2D eigenvalue weighted by molar-refractivity contribution is 0.621. The minimum Gasteiger partial charge on any atom is -0.245 e. The van der Waals surface area contributed by atoms with Crippen LogP contribution in [0.3, 0.4) is 0 Å². The standard InChI is InChI=1S/C23H27N7/c1-3-5-11-21-24-22(8-4-2)30(27-21)16-17-12-14-18(15-13-17)19-9-6-7-10-20(19)23-25-28-29-26-23/h6-7,9-10,12-15H,3-5,8,11,16H2,1-2H3,(H,25,26,28,29). The normalized spacial score (nSPS) is 11.1. The third-order valence-corrected chi connectivity index (χ3v) is 5.13. The maximum atomic E-state index is 4.77. The summed E-state index contributed by atoms with van der Waals surface area (Å²) >= 11 is 0. The lowest BCUT2D eigenvalue weighted by Gasteiger charge is -2.09. The summed E-state index contributed by atoms with van der Waals surface area (Å²) in [6.45, 7) is 5.12. The molecular formula is C23H27N7. The molecule has 2 heterocycles. The first-order chi connectivity index (χ1) is 14.8. The van der Waals surface area contributed by atoms with Crippen LogP contribution in [0.1, 0.15) is 50.3 Å². The fraction of sp³-hybridized carbons (Fsp3) is 0.348. The summed E-state index contributed by atoms with van der Waals surface area (Å²) in [5, 5.41) is 19.2. The molecule has 7 heteroatoms. The number of H-pyrrole nitrogens is 1. The van der Waals surface area contributed by atoms with Gasteiger partial charge < -0.3 is 0 Å². The number of aromatic nitrogens is 7. The van der Waals surface area contributed by atoms with Crippen LogP contribution in [0.25, 0.3) is 22.5 Å². The number of tetrazole rings is 1. The van der Waals surface area contributed by atoms with Crippen molar-refractivity contribution in [2.45, 2.75) is 52.5 Å². The molecule has 154 valence electrons. The van der Waals surface area contributed by atoms with Gasteiger partial charge >= 0.3 is 0 Å². The summed E-state index contributed by atoms with van der Waals surface area (Å²) in [5.41, 5.74) is 4.37. The summed E-state index contributed by atoms with van der Waals surface area (Å²) < 4.78 is 2.07. The van der Waals surface area contributed by atoms with Crippen LogP contribution < -0.4 is 0 Å². The van der Waals surface area contributed by atoms with Crippen molar-refractivity contribution in [2.75, 3.05) is 0 Å². The Morgan fingerprint density at radius 1 is 0.900 bits per heavy atom. The number of nitrogens with one attached hydrogen (secondary N) is 1. The predicted molar refractivity (Wildman–Crippen MR) is 117 cm³/mol. The average Bonchev–Trinajstić information content (AvgIpc) is 3.44. The highest BCUT2D eigenvalue weighted by Crippen LogP contribution is 2.29. The van der Waals surface area contributed by atoms with Gasteiger partial charge in [-0.15, -0.1) is 10.2 Å². The van der Waals surface area contributed by atoms with Gasteiger partial charge in [0.25, 0.3) is 0 Å². The SMILES string of the molecule is CCCCc1nc(CCC)n(Cc2ccc(-c3ccccc3-c3nn[nH]n3)cc2)n1. The molecule has 0 amide bonds. The molecule has 0 aliphatic carbocycles. The van der Waals surface area contributed by atoms with E-state index in [2.05, 4.69) is 69.5 Å². The van der Waals surface area contributed by atoms with Gasteiger partial charge in [-0.1, -0.05) is 68.8 Å². The van der Waals surface area contributed by atoms with E-state index in [1.165, 1.54) is 5.56 Å². The fourth-order valence-corrected chi connectivity index (χ4v) is 3.57. The van der Waals surface area contributed by atoms with Crippen LogP contribution in [0.15, 0.2) is 48.5 Å². The second-order valence-corrected chi connectivity index (χ2v) is 7.43. The molecule has 0 saturated heterocycles. The molecule has 0 bridgehead atoms.